The molecule has 7 nitrogen and oxygen atoms in total. The summed E-state index contributed by atoms with van der Waals surface area (Å²) >= 11 is 1.66. The zero-order valence-corrected chi connectivity index (χ0v) is 20.0. The van der Waals surface area contributed by atoms with Crippen LogP contribution < -0.4 is 10.1 Å². The predicted octanol–water partition coefficient (Wildman–Crippen LogP) is 3.97. The number of carbonyl (C=O) groups is 3. The minimum absolute atomic E-state index is 0.0948. The molecule has 2 aromatic rings. The van der Waals surface area contributed by atoms with E-state index >= 15 is 0 Å². The molecular weight excluding hydrogens is 438 g/mol. The van der Waals surface area contributed by atoms with Crippen molar-refractivity contribution in [2.45, 2.75) is 63.6 Å². The lowest BCUT2D eigenvalue weighted by atomic mass is 9.82. The summed E-state index contributed by atoms with van der Waals surface area (Å²) < 4.78 is 5.24. The molecule has 1 aliphatic heterocycles. The number of nitrogens with one attached hydrogen (secondary N) is 1. The second-order valence-electron chi connectivity index (χ2n) is 8.97. The fraction of sp³-hybridized carbons (Fsp3) is 0.480. The van der Waals surface area contributed by atoms with Crippen molar-refractivity contribution < 1.29 is 19.1 Å². The Morgan fingerprint density at radius 2 is 1.91 bits per heavy atom. The van der Waals surface area contributed by atoms with E-state index in [1.54, 1.807) is 23.3 Å². The van der Waals surface area contributed by atoms with Gasteiger partial charge in [-0.2, -0.15) is 0 Å². The third-order valence-corrected chi connectivity index (χ3v) is 7.59. The van der Waals surface area contributed by atoms with Gasteiger partial charge in [0.2, 0.25) is 5.91 Å². The van der Waals surface area contributed by atoms with E-state index in [0.717, 1.165) is 35.5 Å². The Kier molecular flexibility index (Phi) is 7.02. The summed E-state index contributed by atoms with van der Waals surface area (Å²) in [5.41, 5.74) is 0.141. The van der Waals surface area contributed by atoms with E-state index in [2.05, 4.69) is 11.4 Å². The molecule has 0 bridgehead atoms. The average molecular weight is 470 g/mol. The highest BCUT2D eigenvalue weighted by atomic mass is 32.1. The molecule has 4 rings (SSSR count). The van der Waals surface area contributed by atoms with Gasteiger partial charge in [0.15, 0.2) is 0 Å². The van der Waals surface area contributed by atoms with E-state index in [9.17, 15) is 14.4 Å². The second kappa shape index (κ2) is 9.95. The van der Waals surface area contributed by atoms with Crippen LogP contribution in [0.25, 0.3) is 0 Å². The van der Waals surface area contributed by atoms with Gasteiger partial charge in [-0.1, -0.05) is 37.5 Å². The summed E-state index contributed by atoms with van der Waals surface area (Å²) in [4.78, 5) is 43.4. The van der Waals surface area contributed by atoms with Crippen LogP contribution in [0.5, 0.6) is 5.75 Å². The Hall–Kier alpha value is -2.87. The number of urea groups is 1. The van der Waals surface area contributed by atoms with Crippen LogP contribution in [0.15, 0.2) is 41.8 Å². The minimum atomic E-state index is -0.820. The zero-order valence-electron chi connectivity index (χ0n) is 19.2. The van der Waals surface area contributed by atoms with Gasteiger partial charge in [0, 0.05) is 23.9 Å². The standard InChI is InChI=1S/C25H31N3O4S/c1-18(15-21-7-6-14-33-21)27(16-19-8-10-20(32-2)11-9-19)22(29)17-28-23(30)25(26-24(28)31)12-4-3-5-13-25/h6-11,14,18H,3-5,12-13,15-17H2,1-2H3,(H,26,31). The normalized spacial score (nSPS) is 18.3. The largest absolute Gasteiger partial charge is 0.497 e. The molecule has 2 fully saturated rings. The van der Waals surface area contributed by atoms with E-state index in [0.29, 0.717) is 25.8 Å². The maximum atomic E-state index is 13.5. The first-order valence-corrected chi connectivity index (χ1v) is 12.4. The van der Waals surface area contributed by atoms with Gasteiger partial charge in [-0.15, -0.1) is 11.3 Å². The van der Waals surface area contributed by atoms with Crippen molar-refractivity contribution in [3.63, 3.8) is 0 Å². The average Bonchev–Trinajstić information content (AvgIpc) is 3.40. The Morgan fingerprint density at radius 1 is 1.18 bits per heavy atom. The number of carbonyl (C=O) groups excluding carboxylic acids is 3. The highest BCUT2D eigenvalue weighted by molar-refractivity contribution is 7.09. The van der Waals surface area contributed by atoms with Gasteiger partial charge in [-0.25, -0.2) is 4.79 Å². The molecule has 1 N–H and O–H groups in total. The number of thiophene rings is 1. The first-order chi connectivity index (χ1) is 15.9. The number of hydrogen-bond acceptors (Lipinski definition) is 5. The molecule has 1 aromatic heterocycles. The molecule has 33 heavy (non-hydrogen) atoms. The number of amides is 4. The lowest BCUT2D eigenvalue weighted by Crippen LogP contribution is -2.49. The molecule has 1 saturated carbocycles. The molecule has 1 saturated heterocycles. The Morgan fingerprint density at radius 3 is 2.55 bits per heavy atom. The van der Waals surface area contributed by atoms with Gasteiger partial charge in [0.25, 0.3) is 5.91 Å². The van der Waals surface area contributed by atoms with E-state index in [4.69, 9.17) is 4.74 Å². The van der Waals surface area contributed by atoms with Gasteiger partial charge < -0.3 is 15.0 Å². The summed E-state index contributed by atoms with van der Waals surface area (Å²) in [7, 11) is 1.62. The number of rotatable bonds is 8. The molecule has 2 heterocycles. The third kappa shape index (κ3) is 5.05. The molecule has 8 heteroatoms. The number of benzene rings is 1. The molecule has 176 valence electrons. The Labute approximate surface area is 198 Å². The second-order valence-corrected chi connectivity index (χ2v) is 10.00. The molecule has 0 radical (unpaired) electrons. The topological polar surface area (TPSA) is 79.0 Å². The van der Waals surface area contributed by atoms with E-state index in [-0.39, 0.29) is 24.4 Å². The first-order valence-electron chi connectivity index (χ1n) is 11.5. The zero-order chi connectivity index (χ0) is 23.4. The summed E-state index contributed by atoms with van der Waals surface area (Å²) in [6, 6.07) is 11.1. The van der Waals surface area contributed by atoms with Gasteiger partial charge in [-0.05, 0) is 48.9 Å². The number of hydrogen-bond donors (Lipinski definition) is 1. The minimum Gasteiger partial charge on any atom is -0.497 e. The van der Waals surface area contributed by atoms with Crippen LogP contribution in [0, 0.1) is 0 Å². The summed E-state index contributed by atoms with van der Waals surface area (Å²) in [5.74, 6) is 0.266. The molecule has 1 spiro atoms. The number of nitrogens with zero attached hydrogens (tertiary/aromatic N) is 2. The van der Waals surface area contributed by atoms with E-state index in [1.807, 2.05) is 42.6 Å². The number of methoxy groups -OCH3 is 1. The van der Waals surface area contributed by atoms with Gasteiger partial charge in [-0.3, -0.25) is 14.5 Å². The van der Waals surface area contributed by atoms with Crippen LogP contribution in [-0.4, -0.2) is 52.9 Å². The van der Waals surface area contributed by atoms with E-state index in [1.165, 1.54) is 4.88 Å². The molecule has 1 aromatic carbocycles. The Balaban J connectivity index is 1.51. The van der Waals surface area contributed by atoms with Crippen LogP contribution >= 0.6 is 11.3 Å². The quantitative estimate of drug-likeness (QED) is 0.594. The van der Waals surface area contributed by atoms with Crippen molar-refractivity contribution in [1.29, 1.82) is 0 Å². The fourth-order valence-corrected chi connectivity index (χ4v) is 5.61. The molecular formula is C25H31N3O4S. The molecule has 1 unspecified atom stereocenters. The highest BCUT2D eigenvalue weighted by Gasteiger charge is 2.51. The molecule has 2 aliphatic rings. The van der Waals surface area contributed by atoms with Crippen molar-refractivity contribution in [2.24, 2.45) is 0 Å². The van der Waals surface area contributed by atoms with Gasteiger partial charge in [0.05, 0.1) is 7.11 Å². The highest BCUT2D eigenvalue weighted by Crippen LogP contribution is 2.33. The van der Waals surface area contributed by atoms with Crippen molar-refractivity contribution in [3.05, 3.63) is 52.2 Å². The summed E-state index contributed by atoms with van der Waals surface area (Å²) in [5, 5.41) is 4.92. The van der Waals surface area contributed by atoms with Crippen LogP contribution in [0.2, 0.25) is 0 Å². The van der Waals surface area contributed by atoms with Crippen molar-refractivity contribution in [3.8, 4) is 5.75 Å². The fourth-order valence-electron chi connectivity index (χ4n) is 4.79. The van der Waals surface area contributed by atoms with Crippen LogP contribution in [-0.2, 0) is 22.6 Å². The maximum absolute atomic E-state index is 13.5. The lowest BCUT2D eigenvalue weighted by molar-refractivity contribution is -0.141. The van der Waals surface area contributed by atoms with Gasteiger partial charge >= 0.3 is 6.03 Å². The smallest absolute Gasteiger partial charge is 0.325 e. The lowest BCUT2D eigenvalue weighted by Gasteiger charge is -2.32. The first kappa shape index (κ1) is 23.3. The molecule has 1 atom stereocenters. The maximum Gasteiger partial charge on any atom is 0.325 e. The van der Waals surface area contributed by atoms with Crippen molar-refractivity contribution in [2.75, 3.05) is 13.7 Å². The third-order valence-electron chi connectivity index (χ3n) is 6.69. The Bertz CT molecular complexity index is 984. The number of ether oxygens (including phenoxy) is 1. The summed E-state index contributed by atoms with van der Waals surface area (Å²) in [6.45, 7) is 2.16. The van der Waals surface area contributed by atoms with Crippen LogP contribution in [0.3, 0.4) is 0 Å². The molecule has 4 amide bonds. The predicted molar refractivity (Wildman–Crippen MR) is 127 cm³/mol. The van der Waals surface area contributed by atoms with Crippen molar-refractivity contribution in [1.82, 2.24) is 15.1 Å². The molecule has 1 aliphatic carbocycles. The van der Waals surface area contributed by atoms with Gasteiger partial charge in [0.1, 0.15) is 17.8 Å². The monoisotopic (exact) mass is 469 g/mol. The van der Waals surface area contributed by atoms with Crippen LogP contribution in [0.1, 0.15) is 49.5 Å². The van der Waals surface area contributed by atoms with Crippen LogP contribution in [0.4, 0.5) is 4.79 Å². The SMILES string of the molecule is COc1ccc(CN(C(=O)CN2C(=O)NC3(CCCCC3)C2=O)C(C)Cc2cccs2)cc1. The number of imide groups is 1. The van der Waals surface area contributed by atoms with Crippen molar-refractivity contribution >= 4 is 29.2 Å². The summed E-state index contributed by atoms with van der Waals surface area (Å²) in [6.07, 6.45) is 4.90. The van der Waals surface area contributed by atoms with E-state index < -0.39 is 11.6 Å².